The molecule has 0 fully saturated rings. The van der Waals surface area contributed by atoms with Crippen LogP contribution in [-0.4, -0.2) is 15.0 Å². The van der Waals surface area contributed by atoms with Crippen molar-refractivity contribution in [1.82, 2.24) is 15.0 Å². The van der Waals surface area contributed by atoms with E-state index in [-0.39, 0.29) is 23.9 Å². The maximum absolute atomic E-state index is 6.81. The second-order valence-electron chi connectivity index (χ2n) is 13.8. The summed E-state index contributed by atoms with van der Waals surface area (Å²) in [6.45, 7) is 0. The highest BCUT2D eigenvalue weighted by molar-refractivity contribution is 5.99. The number of allylic oxidation sites excluding steroid dienone is 4. The molecule has 4 unspecified atom stereocenters. The molecule has 244 valence electrons. The van der Waals surface area contributed by atoms with E-state index in [0.29, 0.717) is 0 Å². The molecule has 2 heterocycles. The van der Waals surface area contributed by atoms with Gasteiger partial charge >= 0.3 is 0 Å². The van der Waals surface area contributed by atoms with Crippen LogP contribution in [0.5, 0.6) is 5.75 Å². The highest BCUT2D eigenvalue weighted by Gasteiger charge is 2.44. The van der Waals surface area contributed by atoms with E-state index in [2.05, 4.69) is 146 Å². The van der Waals surface area contributed by atoms with Gasteiger partial charge in [0.2, 0.25) is 0 Å². The summed E-state index contributed by atoms with van der Waals surface area (Å²) in [6.07, 6.45) is 10.3. The molecule has 10 rings (SSSR count). The normalized spacial score (nSPS) is 20.0. The van der Waals surface area contributed by atoms with E-state index < -0.39 is 0 Å². The second kappa shape index (κ2) is 12.3. The molecular formula is C47H35N3O. The lowest BCUT2D eigenvalue weighted by Gasteiger charge is -2.33. The minimum absolute atomic E-state index is 0.00180. The van der Waals surface area contributed by atoms with E-state index in [0.717, 1.165) is 41.6 Å². The number of benzene rings is 6. The fourth-order valence-electron chi connectivity index (χ4n) is 8.30. The zero-order chi connectivity index (χ0) is 33.7. The second-order valence-corrected chi connectivity index (χ2v) is 13.8. The first kappa shape index (κ1) is 29.8. The lowest BCUT2D eigenvalue weighted by molar-refractivity contribution is 0.190. The molecule has 1 aromatic heterocycles. The predicted octanol–water partition coefficient (Wildman–Crippen LogP) is 11.4. The minimum Gasteiger partial charge on any atom is -0.485 e. The Morgan fingerprint density at radius 3 is 2.14 bits per heavy atom. The van der Waals surface area contributed by atoms with Crippen molar-refractivity contribution in [2.24, 2.45) is 0 Å². The Bertz CT molecular complexity index is 2490. The summed E-state index contributed by atoms with van der Waals surface area (Å²) >= 11 is 0. The third kappa shape index (κ3) is 5.26. The van der Waals surface area contributed by atoms with E-state index in [1.807, 2.05) is 18.2 Å². The lowest BCUT2D eigenvalue weighted by Crippen LogP contribution is -2.24. The molecule has 0 N–H and O–H groups in total. The number of hydrogen-bond donors (Lipinski definition) is 0. The SMILES string of the molecule is C1=CCC(c2nc(-c3ccccc3)nc(C3CC4c5cc(-c6cccc7cc(-c8ccccc8)ccc67)ccc5OC4c4ccccc43)n2)C=C1. The average molecular weight is 658 g/mol. The average Bonchev–Trinajstić information content (AvgIpc) is 3.59. The van der Waals surface area contributed by atoms with E-state index in [4.69, 9.17) is 19.7 Å². The smallest absolute Gasteiger partial charge is 0.163 e. The number of rotatable bonds is 5. The van der Waals surface area contributed by atoms with Gasteiger partial charge in [-0.1, -0.05) is 146 Å². The van der Waals surface area contributed by atoms with Gasteiger partial charge in [-0.3, -0.25) is 0 Å². The van der Waals surface area contributed by atoms with Gasteiger partial charge in [0.05, 0.1) is 0 Å². The van der Waals surface area contributed by atoms with Crippen LogP contribution in [0.1, 0.15) is 65.0 Å². The van der Waals surface area contributed by atoms with Gasteiger partial charge in [-0.15, -0.1) is 0 Å². The Morgan fingerprint density at radius 2 is 1.31 bits per heavy atom. The number of hydrogen-bond acceptors (Lipinski definition) is 4. The fourth-order valence-corrected chi connectivity index (χ4v) is 8.30. The van der Waals surface area contributed by atoms with Crippen LogP contribution in [-0.2, 0) is 0 Å². The first-order valence-electron chi connectivity index (χ1n) is 17.9. The molecule has 1 aliphatic heterocycles. The van der Waals surface area contributed by atoms with Gasteiger partial charge < -0.3 is 4.74 Å². The topological polar surface area (TPSA) is 47.9 Å². The number of ether oxygens (including phenoxy) is 1. The predicted molar refractivity (Wildman–Crippen MR) is 205 cm³/mol. The molecule has 4 nitrogen and oxygen atoms in total. The molecule has 7 aromatic rings. The van der Waals surface area contributed by atoms with Gasteiger partial charge in [-0.05, 0) is 75.2 Å². The van der Waals surface area contributed by atoms with E-state index in [1.165, 1.54) is 49.7 Å². The highest BCUT2D eigenvalue weighted by Crippen LogP contribution is 2.56. The van der Waals surface area contributed by atoms with Crippen LogP contribution in [0, 0.1) is 0 Å². The number of nitrogens with zero attached hydrogens (tertiary/aromatic N) is 3. The van der Waals surface area contributed by atoms with Gasteiger partial charge in [-0.25, -0.2) is 15.0 Å². The van der Waals surface area contributed by atoms with E-state index in [9.17, 15) is 0 Å². The van der Waals surface area contributed by atoms with Crippen molar-refractivity contribution >= 4 is 10.8 Å². The fraction of sp³-hybridized carbons (Fsp3) is 0.128. The van der Waals surface area contributed by atoms with Crippen molar-refractivity contribution in [1.29, 1.82) is 0 Å². The van der Waals surface area contributed by atoms with Crippen molar-refractivity contribution in [2.75, 3.05) is 0 Å². The summed E-state index contributed by atoms with van der Waals surface area (Å²) in [5, 5.41) is 2.48. The lowest BCUT2D eigenvalue weighted by atomic mass is 9.73. The zero-order valence-electron chi connectivity index (χ0n) is 28.1. The van der Waals surface area contributed by atoms with Gasteiger partial charge in [0, 0.05) is 28.9 Å². The summed E-state index contributed by atoms with van der Waals surface area (Å²) in [6, 6.07) is 49.8. The minimum atomic E-state index is -0.0510. The van der Waals surface area contributed by atoms with Crippen molar-refractivity contribution < 1.29 is 4.74 Å². The molecule has 51 heavy (non-hydrogen) atoms. The van der Waals surface area contributed by atoms with Gasteiger partial charge in [0.25, 0.3) is 0 Å². The Labute approximate surface area is 297 Å². The van der Waals surface area contributed by atoms with Crippen molar-refractivity contribution in [3.05, 3.63) is 192 Å². The van der Waals surface area contributed by atoms with Crippen LogP contribution in [0.4, 0.5) is 0 Å². The van der Waals surface area contributed by atoms with E-state index >= 15 is 0 Å². The summed E-state index contributed by atoms with van der Waals surface area (Å²) in [5.74, 6) is 3.65. The molecule has 4 heteroatoms. The van der Waals surface area contributed by atoms with E-state index in [1.54, 1.807) is 0 Å². The standard InChI is InChI=1S/C47H35N3O/c1-4-13-30(14-5-1)33-23-25-37-34(27-33)19-12-22-36(37)35-24-26-43-40(28-35)41-29-42(38-20-10-11-21-39(38)44(41)51-43)47-49-45(31-15-6-2-7-16-31)48-46(50-47)32-17-8-3-9-18-32/h1-17,19-28,32,41-42,44H,18,29H2. The number of aromatic nitrogens is 3. The Morgan fingerprint density at radius 1 is 0.549 bits per heavy atom. The van der Waals surface area contributed by atoms with Crippen LogP contribution in [0.15, 0.2) is 164 Å². The van der Waals surface area contributed by atoms with Gasteiger partial charge in [-0.2, -0.15) is 0 Å². The van der Waals surface area contributed by atoms with Crippen LogP contribution in [0.2, 0.25) is 0 Å². The molecule has 6 aromatic carbocycles. The van der Waals surface area contributed by atoms with Crippen molar-refractivity contribution in [2.45, 2.75) is 36.7 Å². The molecule has 0 spiro atoms. The summed E-state index contributed by atoms with van der Waals surface area (Å²) in [7, 11) is 0. The third-order valence-electron chi connectivity index (χ3n) is 10.8. The Balaban J connectivity index is 1.06. The van der Waals surface area contributed by atoms with Crippen LogP contribution < -0.4 is 4.74 Å². The molecule has 0 saturated heterocycles. The molecule has 3 aliphatic rings. The quantitative estimate of drug-likeness (QED) is 0.185. The van der Waals surface area contributed by atoms with Crippen molar-refractivity contribution in [3.63, 3.8) is 0 Å². The molecular weight excluding hydrogens is 623 g/mol. The summed E-state index contributed by atoms with van der Waals surface area (Å²) < 4.78 is 6.81. The first-order chi connectivity index (χ1) is 25.3. The maximum atomic E-state index is 6.81. The molecule has 2 aliphatic carbocycles. The third-order valence-corrected chi connectivity index (χ3v) is 10.8. The molecule has 0 saturated carbocycles. The van der Waals surface area contributed by atoms with Crippen LogP contribution >= 0.6 is 0 Å². The molecule has 0 amide bonds. The summed E-state index contributed by atoms with van der Waals surface area (Å²) in [5.41, 5.74) is 9.62. The Hall–Kier alpha value is -6.13. The monoisotopic (exact) mass is 657 g/mol. The van der Waals surface area contributed by atoms with Gasteiger partial charge in [0.15, 0.2) is 5.82 Å². The molecule has 0 radical (unpaired) electrons. The maximum Gasteiger partial charge on any atom is 0.163 e. The van der Waals surface area contributed by atoms with Crippen molar-refractivity contribution in [3.8, 4) is 39.4 Å². The zero-order valence-corrected chi connectivity index (χ0v) is 28.1. The molecule has 0 bridgehead atoms. The summed E-state index contributed by atoms with van der Waals surface area (Å²) in [4.78, 5) is 15.5. The van der Waals surface area contributed by atoms with Crippen LogP contribution in [0.3, 0.4) is 0 Å². The van der Waals surface area contributed by atoms with Crippen LogP contribution in [0.25, 0.3) is 44.4 Å². The number of fused-ring (bicyclic) bond motifs is 6. The highest BCUT2D eigenvalue weighted by atomic mass is 16.5. The van der Waals surface area contributed by atoms with Gasteiger partial charge in [0.1, 0.15) is 23.5 Å². The Kier molecular flexibility index (Phi) is 7.19. The largest absolute Gasteiger partial charge is 0.485 e. The molecule has 4 atom stereocenters. The first-order valence-corrected chi connectivity index (χ1v) is 17.9.